The van der Waals surface area contributed by atoms with Crippen LogP contribution in [0.3, 0.4) is 0 Å². The highest BCUT2D eigenvalue weighted by atomic mass is 79.9. The van der Waals surface area contributed by atoms with Crippen molar-refractivity contribution in [3.05, 3.63) is 63.4 Å². The highest BCUT2D eigenvalue weighted by Crippen LogP contribution is 2.24. The van der Waals surface area contributed by atoms with E-state index in [1.807, 2.05) is 13.0 Å². The zero-order valence-electron chi connectivity index (χ0n) is 10.3. The van der Waals surface area contributed by atoms with Crippen LogP contribution in [0.5, 0.6) is 5.75 Å². The first-order valence-corrected chi connectivity index (χ1v) is 6.52. The number of rotatable bonds is 4. The van der Waals surface area contributed by atoms with Gasteiger partial charge in [0.2, 0.25) is 0 Å². The topological polar surface area (TPSA) is 26.3 Å². The van der Waals surface area contributed by atoms with Gasteiger partial charge in [-0.15, -0.1) is 0 Å². The summed E-state index contributed by atoms with van der Waals surface area (Å²) < 4.78 is 19.9. The third kappa shape index (κ3) is 3.20. The summed E-state index contributed by atoms with van der Waals surface area (Å²) in [7, 11) is 0. The third-order valence-electron chi connectivity index (χ3n) is 2.76. The summed E-state index contributed by atoms with van der Waals surface area (Å²) in [5.74, 6) is 0.162. The number of halogens is 2. The molecular weight excluding hydrogens is 311 g/mol. The highest BCUT2D eigenvalue weighted by molar-refractivity contribution is 9.10. The van der Waals surface area contributed by atoms with E-state index in [4.69, 9.17) is 4.74 Å². The molecule has 4 heteroatoms. The minimum absolute atomic E-state index is 0.0881. The Morgan fingerprint density at radius 3 is 2.79 bits per heavy atom. The molecule has 0 aliphatic rings. The van der Waals surface area contributed by atoms with Gasteiger partial charge in [-0.05, 0) is 30.7 Å². The van der Waals surface area contributed by atoms with Gasteiger partial charge in [0.15, 0.2) is 6.29 Å². The van der Waals surface area contributed by atoms with Crippen molar-refractivity contribution in [2.24, 2.45) is 0 Å². The van der Waals surface area contributed by atoms with Gasteiger partial charge in [0.05, 0.1) is 5.56 Å². The highest BCUT2D eigenvalue weighted by Gasteiger charge is 2.08. The fourth-order valence-corrected chi connectivity index (χ4v) is 2.09. The van der Waals surface area contributed by atoms with Gasteiger partial charge in [-0.2, -0.15) is 0 Å². The summed E-state index contributed by atoms with van der Waals surface area (Å²) in [6.07, 6.45) is 0.736. The van der Waals surface area contributed by atoms with Crippen LogP contribution in [-0.2, 0) is 6.61 Å². The van der Waals surface area contributed by atoms with E-state index in [0.717, 1.165) is 11.8 Å². The Bertz CT molecular complexity index is 611. The van der Waals surface area contributed by atoms with Crippen LogP contribution in [-0.4, -0.2) is 6.29 Å². The molecule has 0 saturated heterocycles. The van der Waals surface area contributed by atoms with Gasteiger partial charge in [0, 0.05) is 10.0 Å². The molecule has 98 valence electrons. The lowest BCUT2D eigenvalue weighted by atomic mass is 10.1. The van der Waals surface area contributed by atoms with Gasteiger partial charge in [0.1, 0.15) is 18.2 Å². The fourth-order valence-electron chi connectivity index (χ4n) is 1.75. The maximum atomic E-state index is 13.7. The number of benzene rings is 2. The van der Waals surface area contributed by atoms with E-state index in [1.54, 1.807) is 24.3 Å². The molecule has 2 aromatic carbocycles. The van der Waals surface area contributed by atoms with Crippen LogP contribution in [0.25, 0.3) is 0 Å². The number of hydrogen-bond donors (Lipinski definition) is 0. The van der Waals surface area contributed by atoms with E-state index in [1.165, 1.54) is 6.07 Å². The molecule has 0 unspecified atom stereocenters. The fraction of sp³-hybridized carbons (Fsp3) is 0.133. The predicted molar refractivity (Wildman–Crippen MR) is 75.0 cm³/mol. The van der Waals surface area contributed by atoms with Crippen molar-refractivity contribution >= 4 is 22.2 Å². The van der Waals surface area contributed by atoms with Gasteiger partial charge >= 0.3 is 0 Å². The van der Waals surface area contributed by atoms with Crippen LogP contribution in [0, 0.1) is 12.7 Å². The quantitative estimate of drug-likeness (QED) is 0.785. The molecule has 0 aliphatic carbocycles. The summed E-state index contributed by atoms with van der Waals surface area (Å²) in [6, 6.07) is 10.1. The Hall–Kier alpha value is -1.68. The molecule has 2 aromatic rings. The number of hydrogen-bond acceptors (Lipinski definition) is 2. The lowest BCUT2D eigenvalue weighted by Gasteiger charge is -2.11. The number of carbonyl (C=O) groups is 1. The van der Waals surface area contributed by atoms with Crippen molar-refractivity contribution in [2.45, 2.75) is 13.5 Å². The Morgan fingerprint density at radius 1 is 1.32 bits per heavy atom. The van der Waals surface area contributed by atoms with Gasteiger partial charge in [-0.3, -0.25) is 4.79 Å². The van der Waals surface area contributed by atoms with Gasteiger partial charge in [-0.25, -0.2) is 4.39 Å². The number of aldehydes is 1. The van der Waals surface area contributed by atoms with E-state index < -0.39 is 0 Å². The minimum atomic E-state index is -0.337. The monoisotopic (exact) mass is 322 g/mol. The molecule has 0 spiro atoms. The average molecular weight is 323 g/mol. The van der Waals surface area contributed by atoms with Crippen molar-refractivity contribution in [2.75, 3.05) is 0 Å². The largest absolute Gasteiger partial charge is 0.488 e. The Labute approximate surface area is 119 Å². The van der Waals surface area contributed by atoms with Crippen LogP contribution in [0.2, 0.25) is 0 Å². The third-order valence-corrected chi connectivity index (χ3v) is 3.25. The maximum absolute atomic E-state index is 13.7. The molecule has 0 saturated carbocycles. The molecule has 19 heavy (non-hydrogen) atoms. The first kappa shape index (κ1) is 13.7. The van der Waals surface area contributed by atoms with Crippen LogP contribution in [0.4, 0.5) is 4.39 Å². The lowest BCUT2D eigenvalue weighted by molar-refractivity contribution is 0.111. The molecule has 0 N–H and O–H groups in total. The number of para-hydroxylation sites is 1. The van der Waals surface area contributed by atoms with Crippen molar-refractivity contribution < 1.29 is 13.9 Å². The van der Waals surface area contributed by atoms with E-state index in [2.05, 4.69) is 15.9 Å². The van der Waals surface area contributed by atoms with Gasteiger partial charge in [0.25, 0.3) is 0 Å². The van der Waals surface area contributed by atoms with Gasteiger partial charge < -0.3 is 4.74 Å². The molecule has 0 aromatic heterocycles. The molecule has 2 rings (SSSR count). The minimum Gasteiger partial charge on any atom is -0.488 e. The first-order chi connectivity index (χ1) is 9.11. The van der Waals surface area contributed by atoms with E-state index in [9.17, 15) is 9.18 Å². The predicted octanol–water partition coefficient (Wildman–Crippen LogP) is 4.29. The van der Waals surface area contributed by atoms with Crippen LogP contribution >= 0.6 is 15.9 Å². The lowest BCUT2D eigenvalue weighted by Crippen LogP contribution is -2.02. The van der Waals surface area contributed by atoms with Crippen LogP contribution in [0.1, 0.15) is 21.5 Å². The Balaban J connectivity index is 2.21. The molecule has 0 amide bonds. The van der Waals surface area contributed by atoms with Crippen molar-refractivity contribution in [1.82, 2.24) is 0 Å². The second-order valence-electron chi connectivity index (χ2n) is 4.14. The van der Waals surface area contributed by atoms with E-state index >= 15 is 0 Å². The molecule has 0 radical (unpaired) electrons. The number of ether oxygens (including phenoxy) is 1. The molecular formula is C15H12BrFO2. The zero-order valence-corrected chi connectivity index (χ0v) is 11.9. The summed E-state index contributed by atoms with van der Waals surface area (Å²) in [6.45, 7) is 1.94. The normalized spacial score (nSPS) is 10.3. The smallest absolute Gasteiger partial charge is 0.153 e. The average Bonchev–Trinajstić information content (AvgIpc) is 2.39. The molecule has 0 aliphatic heterocycles. The van der Waals surface area contributed by atoms with Gasteiger partial charge in [-0.1, -0.05) is 34.1 Å². The Morgan fingerprint density at radius 2 is 2.11 bits per heavy atom. The summed E-state index contributed by atoms with van der Waals surface area (Å²) >= 11 is 3.20. The zero-order chi connectivity index (χ0) is 13.8. The SMILES string of the molecule is Cc1cccc(C=O)c1OCc1ccc(Br)cc1F. The van der Waals surface area contributed by atoms with Crippen LogP contribution in [0.15, 0.2) is 40.9 Å². The van der Waals surface area contributed by atoms with Crippen LogP contribution < -0.4 is 4.74 Å². The number of aryl methyl sites for hydroxylation is 1. The molecule has 0 fully saturated rings. The second-order valence-corrected chi connectivity index (χ2v) is 5.05. The maximum Gasteiger partial charge on any atom is 0.153 e. The van der Waals surface area contributed by atoms with Crippen molar-refractivity contribution in [3.63, 3.8) is 0 Å². The summed E-state index contributed by atoms with van der Waals surface area (Å²) in [5.41, 5.74) is 1.77. The second kappa shape index (κ2) is 5.97. The van der Waals surface area contributed by atoms with Crippen molar-refractivity contribution in [3.8, 4) is 5.75 Å². The molecule has 0 bridgehead atoms. The number of carbonyl (C=O) groups excluding carboxylic acids is 1. The molecule has 0 heterocycles. The van der Waals surface area contributed by atoms with Crippen molar-refractivity contribution in [1.29, 1.82) is 0 Å². The standard InChI is InChI=1S/C15H12BrFO2/c1-10-3-2-4-11(8-18)15(10)19-9-12-5-6-13(16)7-14(12)17/h2-8H,9H2,1H3. The summed E-state index contributed by atoms with van der Waals surface area (Å²) in [4.78, 5) is 10.9. The first-order valence-electron chi connectivity index (χ1n) is 5.73. The summed E-state index contributed by atoms with van der Waals surface area (Å²) in [5, 5.41) is 0. The van der Waals surface area contributed by atoms with E-state index in [-0.39, 0.29) is 12.4 Å². The Kier molecular flexibility index (Phi) is 4.32. The molecule has 0 atom stereocenters. The van der Waals surface area contributed by atoms with E-state index in [0.29, 0.717) is 21.3 Å². The molecule has 2 nitrogen and oxygen atoms in total.